The van der Waals surface area contributed by atoms with Crippen LogP contribution in [0.2, 0.25) is 0 Å². The van der Waals surface area contributed by atoms with E-state index in [1.807, 2.05) is 0 Å². The third-order valence-electron chi connectivity index (χ3n) is 9.93. The van der Waals surface area contributed by atoms with Gasteiger partial charge in [-0.05, 0) is 68.3 Å². The second-order valence-electron chi connectivity index (χ2n) is 11.5. The van der Waals surface area contributed by atoms with Crippen molar-refractivity contribution in [1.82, 2.24) is 9.80 Å². The quantitative estimate of drug-likeness (QED) is 0.568. The van der Waals surface area contributed by atoms with Crippen LogP contribution in [0, 0.1) is 5.92 Å². The molecule has 2 aromatic carbocycles. The Labute approximate surface area is 208 Å². The Morgan fingerprint density at radius 3 is 2.42 bits per heavy atom. The molecule has 2 aromatic rings. The highest BCUT2D eigenvalue weighted by atomic mass is 16.5. The summed E-state index contributed by atoms with van der Waals surface area (Å²) in [6, 6.07) is 9.02. The van der Waals surface area contributed by atoms with Gasteiger partial charge in [-0.2, -0.15) is 0 Å². The first-order valence-electron chi connectivity index (χ1n) is 13.0. The Bertz CT molecular complexity index is 1320. The van der Waals surface area contributed by atoms with Crippen molar-refractivity contribution < 1.29 is 29.6 Å². The number of hydrogen-bond donors (Lipinski definition) is 3. The van der Waals surface area contributed by atoms with E-state index >= 15 is 0 Å². The second-order valence-corrected chi connectivity index (χ2v) is 11.5. The summed E-state index contributed by atoms with van der Waals surface area (Å²) in [5.74, 6) is 0.131. The summed E-state index contributed by atoms with van der Waals surface area (Å²) in [7, 11) is 0. The number of likely N-dealkylation sites (tertiary alicyclic amines) is 1. The van der Waals surface area contributed by atoms with Crippen LogP contribution in [-0.2, 0) is 5.41 Å². The van der Waals surface area contributed by atoms with E-state index in [1.54, 1.807) is 30.3 Å². The van der Waals surface area contributed by atoms with Gasteiger partial charge in [-0.3, -0.25) is 19.4 Å². The minimum absolute atomic E-state index is 0.0490. The number of rotatable bonds is 3. The van der Waals surface area contributed by atoms with Crippen LogP contribution in [0.25, 0.3) is 0 Å². The summed E-state index contributed by atoms with van der Waals surface area (Å²) >= 11 is 0. The number of aliphatic hydroxyl groups is 2. The Balaban J connectivity index is 1.30. The average Bonchev–Trinajstić information content (AvgIpc) is 3.56. The molecule has 8 heteroatoms. The average molecular weight is 489 g/mol. The predicted octanol–water partition coefficient (Wildman–Crippen LogP) is 2.11. The fraction of sp³-hybridized carbons (Fsp3) is 0.500. The van der Waals surface area contributed by atoms with Crippen molar-refractivity contribution in [3.05, 3.63) is 58.7 Å². The number of carbonyl (C=O) groups excluding carboxylic acids is 2. The fourth-order valence-corrected chi connectivity index (χ4v) is 8.29. The molecule has 2 amide bonds. The van der Waals surface area contributed by atoms with Crippen LogP contribution in [0.5, 0.6) is 11.5 Å². The van der Waals surface area contributed by atoms with E-state index in [9.17, 15) is 24.9 Å². The highest BCUT2D eigenvalue weighted by Gasteiger charge is 2.75. The van der Waals surface area contributed by atoms with Gasteiger partial charge < -0.3 is 20.1 Å². The molecule has 36 heavy (non-hydrogen) atoms. The SMILES string of the molecule is O=C1c2ccccc2C(=O)N1[C@@H]1CC[C@@]2(O)[C@H]3[C@H](O)c4ccc(O)c5c4[C@@]2(CCN3CC2CC2)[C@H]1O5. The van der Waals surface area contributed by atoms with Crippen molar-refractivity contribution in [3.63, 3.8) is 0 Å². The lowest BCUT2D eigenvalue weighted by Gasteiger charge is -2.65. The third kappa shape index (κ3) is 2.28. The van der Waals surface area contributed by atoms with E-state index in [2.05, 4.69) is 4.90 Å². The lowest BCUT2D eigenvalue weighted by atomic mass is 9.47. The summed E-state index contributed by atoms with van der Waals surface area (Å²) in [6.45, 7) is 1.51. The zero-order valence-corrected chi connectivity index (χ0v) is 19.8. The Morgan fingerprint density at radius 2 is 1.72 bits per heavy atom. The van der Waals surface area contributed by atoms with Crippen molar-refractivity contribution in [3.8, 4) is 11.5 Å². The molecule has 2 saturated carbocycles. The maximum Gasteiger partial charge on any atom is 0.261 e. The number of benzene rings is 2. The number of aromatic hydroxyl groups is 1. The van der Waals surface area contributed by atoms with Crippen LogP contribution >= 0.6 is 0 Å². The largest absolute Gasteiger partial charge is 0.504 e. The van der Waals surface area contributed by atoms with Gasteiger partial charge in [-0.1, -0.05) is 18.2 Å². The number of carbonyl (C=O) groups is 2. The van der Waals surface area contributed by atoms with Gasteiger partial charge in [0.25, 0.3) is 11.8 Å². The number of phenolic OH excluding ortho intramolecular Hbond substituents is 1. The minimum Gasteiger partial charge on any atom is -0.504 e. The number of aliphatic hydroxyl groups excluding tert-OH is 1. The molecule has 3 fully saturated rings. The van der Waals surface area contributed by atoms with E-state index in [1.165, 1.54) is 23.8 Å². The van der Waals surface area contributed by atoms with Gasteiger partial charge in [0.05, 0.1) is 40.3 Å². The van der Waals surface area contributed by atoms with Crippen molar-refractivity contribution in [1.29, 1.82) is 0 Å². The normalized spacial score (nSPS) is 38.1. The highest BCUT2D eigenvalue weighted by molar-refractivity contribution is 6.21. The topological polar surface area (TPSA) is 111 Å². The van der Waals surface area contributed by atoms with Crippen molar-refractivity contribution in [2.24, 2.45) is 5.92 Å². The van der Waals surface area contributed by atoms with Crippen LogP contribution in [0.3, 0.4) is 0 Å². The first-order valence-corrected chi connectivity index (χ1v) is 13.0. The van der Waals surface area contributed by atoms with Gasteiger partial charge in [0, 0.05) is 12.1 Å². The van der Waals surface area contributed by atoms with Crippen molar-refractivity contribution >= 4 is 11.8 Å². The van der Waals surface area contributed by atoms with E-state index < -0.39 is 35.3 Å². The number of hydrogen-bond acceptors (Lipinski definition) is 7. The molecule has 0 unspecified atom stereocenters. The number of nitrogens with zero attached hydrogens (tertiary/aromatic N) is 2. The molecule has 8 rings (SSSR count). The van der Waals surface area contributed by atoms with Crippen LogP contribution < -0.4 is 4.74 Å². The van der Waals surface area contributed by atoms with E-state index in [0.717, 1.165) is 6.54 Å². The number of fused-ring (bicyclic) bond motifs is 1. The van der Waals surface area contributed by atoms with E-state index in [0.29, 0.717) is 54.0 Å². The Morgan fingerprint density at radius 1 is 1.00 bits per heavy atom. The van der Waals surface area contributed by atoms with Crippen molar-refractivity contribution in [2.75, 3.05) is 13.1 Å². The maximum atomic E-state index is 13.5. The summed E-state index contributed by atoms with van der Waals surface area (Å²) in [5, 5.41) is 35.0. The first-order chi connectivity index (χ1) is 17.4. The molecule has 0 radical (unpaired) electrons. The molecule has 186 valence electrons. The summed E-state index contributed by atoms with van der Waals surface area (Å²) in [4.78, 5) is 30.5. The number of phenols is 1. The van der Waals surface area contributed by atoms with Crippen LogP contribution in [-0.4, -0.2) is 73.8 Å². The monoisotopic (exact) mass is 488 g/mol. The lowest BCUT2D eigenvalue weighted by molar-refractivity contribution is -0.220. The van der Waals surface area contributed by atoms with Crippen LogP contribution in [0.4, 0.5) is 0 Å². The molecule has 3 heterocycles. The molecule has 1 spiro atoms. The van der Waals surface area contributed by atoms with E-state index in [-0.39, 0.29) is 23.3 Å². The Kier molecular flexibility index (Phi) is 3.93. The van der Waals surface area contributed by atoms with Gasteiger partial charge >= 0.3 is 0 Å². The highest BCUT2D eigenvalue weighted by Crippen LogP contribution is 2.68. The molecular weight excluding hydrogens is 460 g/mol. The summed E-state index contributed by atoms with van der Waals surface area (Å²) in [6.07, 6.45) is 1.96. The molecular formula is C28H28N2O6. The molecule has 2 bridgehead atoms. The van der Waals surface area contributed by atoms with Gasteiger partial charge in [0.2, 0.25) is 0 Å². The van der Waals surface area contributed by atoms with E-state index in [4.69, 9.17) is 4.74 Å². The zero-order valence-electron chi connectivity index (χ0n) is 19.8. The standard InChI is InChI=1S/C28H28N2O6/c31-19-8-7-17-20-22(19)36-24-18(30-25(33)15-3-1-2-4-16(15)26(30)34)9-10-28(35)23(21(17)32)29(13-14-5-6-14)12-11-27(20,24)28/h1-4,7-8,14,18,21,23-24,31-32,35H,5-6,9-13H2/t18-,21-,23-,24+,27+,28-/m1/s1. The smallest absolute Gasteiger partial charge is 0.261 e. The maximum absolute atomic E-state index is 13.5. The third-order valence-corrected chi connectivity index (χ3v) is 9.93. The molecule has 6 aliphatic rings. The summed E-state index contributed by atoms with van der Waals surface area (Å²) in [5.41, 5.74) is -0.147. The van der Waals surface area contributed by atoms with Crippen LogP contribution in [0.15, 0.2) is 36.4 Å². The van der Waals surface area contributed by atoms with Gasteiger partial charge in [-0.15, -0.1) is 0 Å². The van der Waals surface area contributed by atoms with Gasteiger partial charge in [-0.25, -0.2) is 0 Å². The lowest BCUT2D eigenvalue weighted by Crippen LogP contribution is -2.79. The van der Waals surface area contributed by atoms with Crippen LogP contribution in [0.1, 0.15) is 70.1 Å². The summed E-state index contributed by atoms with van der Waals surface area (Å²) < 4.78 is 6.49. The van der Waals surface area contributed by atoms with Gasteiger partial charge in [0.1, 0.15) is 6.10 Å². The molecule has 3 aliphatic carbocycles. The van der Waals surface area contributed by atoms with Crippen molar-refractivity contribution in [2.45, 2.75) is 67.4 Å². The first kappa shape index (κ1) is 21.2. The molecule has 3 aliphatic heterocycles. The molecule has 1 saturated heterocycles. The molecule has 8 nitrogen and oxygen atoms in total. The predicted molar refractivity (Wildman–Crippen MR) is 127 cm³/mol. The number of piperidine rings is 1. The minimum atomic E-state index is -1.31. The second kappa shape index (κ2) is 6.68. The number of amides is 2. The number of imide groups is 1. The van der Waals surface area contributed by atoms with Gasteiger partial charge in [0.15, 0.2) is 11.5 Å². The number of ether oxygens (including phenoxy) is 1. The Hall–Kier alpha value is -2.94. The fourth-order valence-electron chi connectivity index (χ4n) is 8.29. The molecule has 6 atom stereocenters. The molecule has 3 N–H and O–H groups in total. The molecule has 0 aromatic heterocycles. The zero-order chi connectivity index (χ0) is 24.6.